The zero-order valence-electron chi connectivity index (χ0n) is 7.46. The molecule has 0 aromatic heterocycles. The topological polar surface area (TPSA) is 20.2 Å². The van der Waals surface area contributed by atoms with Crippen molar-refractivity contribution in [2.75, 3.05) is 0 Å². The zero-order valence-corrected chi connectivity index (χ0v) is 7.46. The molecular formula is C12H12O. The van der Waals surface area contributed by atoms with E-state index in [4.69, 9.17) is 0 Å². The van der Waals surface area contributed by atoms with Crippen LogP contribution < -0.4 is 0 Å². The Hall–Kier alpha value is -1.24. The van der Waals surface area contributed by atoms with Gasteiger partial charge in [-0.3, -0.25) is 0 Å². The SMILES string of the molecule is Oc1ccc2c(c1)C1=CCCCC12. The number of benzene rings is 1. The lowest BCUT2D eigenvalue weighted by molar-refractivity contribution is 0.473. The molecule has 0 amide bonds. The number of phenolic OH excluding ortho intramolecular Hbond substituents is 1. The minimum Gasteiger partial charge on any atom is -0.508 e. The van der Waals surface area contributed by atoms with E-state index < -0.39 is 0 Å². The maximum absolute atomic E-state index is 9.33. The highest BCUT2D eigenvalue weighted by atomic mass is 16.3. The summed E-state index contributed by atoms with van der Waals surface area (Å²) in [6.07, 6.45) is 6.15. The number of phenols is 1. The van der Waals surface area contributed by atoms with Gasteiger partial charge in [0.05, 0.1) is 0 Å². The number of hydrogen-bond donors (Lipinski definition) is 1. The van der Waals surface area contributed by atoms with Gasteiger partial charge in [0.15, 0.2) is 0 Å². The molecule has 1 heteroatoms. The molecule has 1 aromatic carbocycles. The van der Waals surface area contributed by atoms with Gasteiger partial charge in [-0.15, -0.1) is 0 Å². The maximum Gasteiger partial charge on any atom is 0.116 e. The molecule has 66 valence electrons. The molecule has 0 bridgehead atoms. The van der Waals surface area contributed by atoms with E-state index in [9.17, 15) is 5.11 Å². The van der Waals surface area contributed by atoms with Crippen LogP contribution in [0.5, 0.6) is 5.75 Å². The van der Waals surface area contributed by atoms with Crippen LogP contribution in [0.15, 0.2) is 24.3 Å². The standard InChI is InChI=1S/C12H12O/c13-8-5-6-11-9-3-1-2-4-10(9)12(11)7-8/h4-7,9,13H,1-3H2. The molecule has 0 heterocycles. The fourth-order valence-corrected chi connectivity index (χ4v) is 2.52. The Morgan fingerprint density at radius 1 is 1.31 bits per heavy atom. The van der Waals surface area contributed by atoms with E-state index in [0.29, 0.717) is 11.7 Å². The highest BCUT2D eigenvalue weighted by Gasteiger charge is 2.32. The fourth-order valence-electron chi connectivity index (χ4n) is 2.52. The lowest BCUT2D eigenvalue weighted by Crippen LogP contribution is -2.18. The summed E-state index contributed by atoms with van der Waals surface area (Å²) >= 11 is 0. The third-order valence-corrected chi connectivity index (χ3v) is 3.16. The first-order valence-corrected chi connectivity index (χ1v) is 4.89. The van der Waals surface area contributed by atoms with Crippen LogP contribution in [0, 0.1) is 0 Å². The minimum absolute atomic E-state index is 0.392. The second kappa shape index (κ2) is 2.38. The monoisotopic (exact) mass is 172 g/mol. The van der Waals surface area contributed by atoms with Gasteiger partial charge in [0, 0.05) is 5.92 Å². The minimum atomic E-state index is 0.392. The lowest BCUT2D eigenvalue weighted by atomic mass is 9.68. The summed E-state index contributed by atoms with van der Waals surface area (Å²) in [5.41, 5.74) is 4.19. The predicted molar refractivity (Wildman–Crippen MR) is 52.7 cm³/mol. The predicted octanol–water partition coefficient (Wildman–Crippen LogP) is 3.06. The molecule has 1 unspecified atom stereocenters. The first kappa shape index (κ1) is 7.19. The van der Waals surface area contributed by atoms with Crippen molar-refractivity contribution in [1.82, 2.24) is 0 Å². The summed E-state index contributed by atoms with van der Waals surface area (Å²) in [4.78, 5) is 0. The van der Waals surface area contributed by atoms with Gasteiger partial charge < -0.3 is 5.11 Å². The smallest absolute Gasteiger partial charge is 0.116 e. The fraction of sp³-hybridized carbons (Fsp3) is 0.333. The molecule has 0 spiro atoms. The number of aromatic hydroxyl groups is 1. The zero-order chi connectivity index (χ0) is 8.84. The second-order valence-electron chi connectivity index (χ2n) is 3.91. The summed E-state index contributed by atoms with van der Waals surface area (Å²) in [6, 6.07) is 5.76. The van der Waals surface area contributed by atoms with Crippen molar-refractivity contribution >= 4 is 5.57 Å². The van der Waals surface area contributed by atoms with Gasteiger partial charge in [-0.05, 0) is 48.1 Å². The van der Waals surface area contributed by atoms with E-state index >= 15 is 0 Å². The molecular weight excluding hydrogens is 160 g/mol. The van der Waals surface area contributed by atoms with Gasteiger partial charge in [0.25, 0.3) is 0 Å². The van der Waals surface area contributed by atoms with Gasteiger partial charge in [0.1, 0.15) is 5.75 Å². The second-order valence-corrected chi connectivity index (χ2v) is 3.91. The molecule has 2 aliphatic carbocycles. The van der Waals surface area contributed by atoms with Crippen molar-refractivity contribution in [1.29, 1.82) is 0 Å². The molecule has 0 saturated carbocycles. The average molecular weight is 172 g/mol. The summed E-state index contributed by atoms with van der Waals surface area (Å²) in [7, 11) is 0. The number of allylic oxidation sites excluding steroid dienone is 2. The molecule has 1 nitrogen and oxygen atoms in total. The van der Waals surface area contributed by atoms with Gasteiger partial charge in [-0.2, -0.15) is 0 Å². The van der Waals surface area contributed by atoms with Crippen LogP contribution in [-0.2, 0) is 0 Å². The molecule has 3 rings (SSSR count). The quantitative estimate of drug-likeness (QED) is 0.637. The van der Waals surface area contributed by atoms with E-state index in [1.807, 2.05) is 6.07 Å². The van der Waals surface area contributed by atoms with Gasteiger partial charge >= 0.3 is 0 Å². The molecule has 0 saturated heterocycles. The Kier molecular flexibility index (Phi) is 1.32. The number of hydrogen-bond acceptors (Lipinski definition) is 1. The van der Waals surface area contributed by atoms with E-state index in [0.717, 1.165) is 0 Å². The molecule has 13 heavy (non-hydrogen) atoms. The van der Waals surface area contributed by atoms with Crippen LogP contribution in [0.2, 0.25) is 0 Å². The highest BCUT2D eigenvalue weighted by Crippen LogP contribution is 2.51. The van der Waals surface area contributed by atoms with Crippen molar-refractivity contribution in [3.05, 3.63) is 35.4 Å². The number of fused-ring (bicyclic) bond motifs is 4. The van der Waals surface area contributed by atoms with E-state index in [1.165, 1.54) is 36.0 Å². The Balaban J connectivity index is 2.15. The molecule has 2 aliphatic rings. The summed E-state index contributed by atoms with van der Waals surface area (Å²) in [5.74, 6) is 1.08. The van der Waals surface area contributed by atoms with Gasteiger partial charge in [0.2, 0.25) is 0 Å². The largest absolute Gasteiger partial charge is 0.508 e. The van der Waals surface area contributed by atoms with E-state index in [-0.39, 0.29) is 0 Å². The molecule has 1 aromatic rings. The molecule has 0 fully saturated rings. The van der Waals surface area contributed by atoms with Crippen molar-refractivity contribution in [3.8, 4) is 5.75 Å². The Morgan fingerprint density at radius 3 is 3.15 bits per heavy atom. The lowest BCUT2D eigenvalue weighted by Gasteiger charge is -2.36. The third-order valence-electron chi connectivity index (χ3n) is 3.16. The first-order valence-electron chi connectivity index (χ1n) is 4.89. The Labute approximate surface area is 77.7 Å². The van der Waals surface area contributed by atoms with E-state index in [1.54, 1.807) is 6.07 Å². The van der Waals surface area contributed by atoms with Crippen LogP contribution in [0.3, 0.4) is 0 Å². The molecule has 0 aliphatic heterocycles. The van der Waals surface area contributed by atoms with Crippen molar-refractivity contribution in [3.63, 3.8) is 0 Å². The Morgan fingerprint density at radius 2 is 2.23 bits per heavy atom. The molecule has 0 radical (unpaired) electrons. The third kappa shape index (κ3) is 0.873. The maximum atomic E-state index is 9.33. The summed E-state index contributed by atoms with van der Waals surface area (Å²) < 4.78 is 0. The molecule has 1 atom stereocenters. The summed E-state index contributed by atoms with van der Waals surface area (Å²) in [6.45, 7) is 0. The Bertz CT molecular complexity index is 390. The van der Waals surface area contributed by atoms with Crippen molar-refractivity contribution in [2.45, 2.75) is 25.2 Å². The van der Waals surface area contributed by atoms with Crippen molar-refractivity contribution < 1.29 is 5.11 Å². The van der Waals surface area contributed by atoms with Gasteiger partial charge in [-0.1, -0.05) is 12.1 Å². The van der Waals surface area contributed by atoms with E-state index in [2.05, 4.69) is 12.1 Å². The summed E-state index contributed by atoms with van der Waals surface area (Å²) in [5, 5.41) is 9.33. The first-order chi connectivity index (χ1) is 6.36. The molecule has 1 N–H and O–H groups in total. The normalized spacial score (nSPS) is 24.0. The van der Waals surface area contributed by atoms with Gasteiger partial charge in [-0.25, -0.2) is 0 Å². The van der Waals surface area contributed by atoms with Crippen LogP contribution in [0.25, 0.3) is 5.57 Å². The van der Waals surface area contributed by atoms with Crippen molar-refractivity contribution in [2.24, 2.45) is 0 Å². The van der Waals surface area contributed by atoms with Crippen LogP contribution in [0.4, 0.5) is 0 Å². The highest BCUT2D eigenvalue weighted by molar-refractivity contribution is 5.85. The number of rotatable bonds is 0. The average Bonchev–Trinajstić information content (AvgIpc) is 2.15. The van der Waals surface area contributed by atoms with Crippen LogP contribution >= 0.6 is 0 Å². The van der Waals surface area contributed by atoms with Crippen LogP contribution in [-0.4, -0.2) is 5.11 Å². The van der Waals surface area contributed by atoms with Crippen LogP contribution in [0.1, 0.15) is 36.3 Å².